The number of rotatable bonds is 6. The van der Waals surface area contributed by atoms with Crippen LogP contribution in [0.1, 0.15) is 42.4 Å². The van der Waals surface area contributed by atoms with Gasteiger partial charge in [-0.2, -0.15) is 0 Å². The highest BCUT2D eigenvalue weighted by molar-refractivity contribution is 9.10. The molecule has 2 N–H and O–H groups in total. The molecule has 8 heteroatoms. The second kappa shape index (κ2) is 9.84. The van der Waals surface area contributed by atoms with Gasteiger partial charge in [-0.1, -0.05) is 28.1 Å². The van der Waals surface area contributed by atoms with Crippen LogP contribution in [0.3, 0.4) is 0 Å². The first-order valence-electron chi connectivity index (χ1n) is 9.21. The van der Waals surface area contributed by atoms with E-state index in [-0.39, 0.29) is 31.3 Å². The molecule has 1 aromatic heterocycles. The summed E-state index contributed by atoms with van der Waals surface area (Å²) < 4.78 is 6.27. The van der Waals surface area contributed by atoms with Gasteiger partial charge in [-0.3, -0.25) is 9.78 Å². The van der Waals surface area contributed by atoms with E-state index in [1.165, 1.54) is 11.1 Å². The van der Waals surface area contributed by atoms with Crippen LogP contribution in [0.2, 0.25) is 0 Å². The van der Waals surface area contributed by atoms with Crippen molar-refractivity contribution in [1.82, 2.24) is 9.88 Å². The van der Waals surface area contributed by atoms with E-state index in [4.69, 9.17) is 4.74 Å². The number of carbonyl (C=O) groups is 2. The number of hydrogen-bond donors (Lipinski definition) is 2. The van der Waals surface area contributed by atoms with E-state index < -0.39 is 11.7 Å². The number of anilines is 1. The molecule has 0 radical (unpaired) electrons. The Labute approximate surface area is 179 Å². The minimum Gasteiger partial charge on any atom is -0.444 e. The fourth-order valence-electron chi connectivity index (χ4n) is 2.48. The van der Waals surface area contributed by atoms with E-state index in [2.05, 4.69) is 26.2 Å². The molecule has 0 bridgehead atoms. The number of aliphatic hydroxyl groups excluding tert-OH is 1. The predicted octanol–water partition coefficient (Wildman–Crippen LogP) is 4.13. The Hall–Kier alpha value is -2.45. The molecule has 7 nitrogen and oxygen atoms in total. The van der Waals surface area contributed by atoms with Crippen LogP contribution in [0, 0.1) is 6.92 Å². The third kappa shape index (κ3) is 6.83. The van der Waals surface area contributed by atoms with E-state index >= 15 is 0 Å². The van der Waals surface area contributed by atoms with Gasteiger partial charge in [0.2, 0.25) is 0 Å². The molecule has 2 rings (SSSR count). The van der Waals surface area contributed by atoms with Gasteiger partial charge in [0.1, 0.15) is 11.3 Å². The predicted molar refractivity (Wildman–Crippen MR) is 115 cm³/mol. The second-order valence-corrected chi connectivity index (χ2v) is 8.40. The quantitative estimate of drug-likeness (QED) is 0.671. The summed E-state index contributed by atoms with van der Waals surface area (Å²) in [6.07, 6.45) is 1.02. The SMILES string of the molecule is Cc1c(Br)cccc1NC(=O)c1ccc(CN(CCO)C(=O)OC(C)(C)C)cn1. The van der Waals surface area contributed by atoms with Crippen molar-refractivity contribution >= 4 is 33.6 Å². The zero-order valence-corrected chi connectivity index (χ0v) is 18.6. The fraction of sp³-hybridized carbons (Fsp3) is 0.381. The monoisotopic (exact) mass is 463 g/mol. The molecular formula is C21H26BrN3O4. The Balaban J connectivity index is 2.07. The molecule has 0 fully saturated rings. The Morgan fingerprint density at radius 1 is 1.24 bits per heavy atom. The number of halogens is 1. The van der Waals surface area contributed by atoms with Crippen LogP contribution in [0.4, 0.5) is 10.5 Å². The molecule has 0 aliphatic heterocycles. The molecular weight excluding hydrogens is 438 g/mol. The van der Waals surface area contributed by atoms with E-state index in [1.54, 1.807) is 32.9 Å². The van der Waals surface area contributed by atoms with E-state index in [0.29, 0.717) is 5.69 Å². The van der Waals surface area contributed by atoms with Crippen LogP contribution in [0.5, 0.6) is 0 Å². The third-order valence-electron chi connectivity index (χ3n) is 3.97. The molecule has 1 aromatic carbocycles. The van der Waals surface area contributed by atoms with Crippen molar-refractivity contribution in [2.45, 2.75) is 39.8 Å². The lowest BCUT2D eigenvalue weighted by molar-refractivity contribution is 0.0201. The van der Waals surface area contributed by atoms with Crippen LogP contribution in [0.25, 0.3) is 0 Å². The number of pyridine rings is 1. The zero-order chi connectivity index (χ0) is 21.6. The summed E-state index contributed by atoms with van der Waals surface area (Å²) in [6.45, 7) is 7.42. The number of nitrogens with one attached hydrogen (secondary N) is 1. The summed E-state index contributed by atoms with van der Waals surface area (Å²) in [7, 11) is 0. The van der Waals surface area contributed by atoms with Crippen molar-refractivity contribution in [1.29, 1.82) is 0 Å². The average molecular weight is 464 g/mol. The van der Waals surface area contributed by atoms with Crippen molar-refractivity contribution in [2.75, 3.05) is 18.5 Å². The van der Waals surface area contributed by atoms with Crippen molar-refractivity contribution < 1.29 is 19.4 Å². The standard InChI is InChI=1S/C21H26BrN3O4/c1-14-16(22)6-5-7-17(14)24-19(27)18-9-8-15(12-23-18)13-25(10-11-26)20(28)29-21(2,3)4/h5-9,12,26H,10-11,13H2,1-4H3,(H,24,27). The highest BCUT2D eigenvalue weighted by Gasteiger charge is 2.22. The summed E-state index contributed by atoms with van der Waals surface area (Å²) in [4.78, 5) is 30.4. The highest BCUT2D eigenvalue weighted by atomic mass is 79.9. The number of amides is 2. The first-order chi connectivity index (χ1) is 13.6. The van der Waals surface area contributed by atoms with Gasteiger partial charge in [-0.15, -0.1) is 0 Å². The Bertz CT molecular complexity index is 863. The number of benzene rings is 1. The molecule has 156 valence electrons. The maximum atomic E-state index is 12.5. The van der Waals surface area contributed by atoms with Gasteiger partial charge in [-0.25, -0.2) is 4.79 Å². The van der Waals surface area contributed by atoms with Crippen molar-refractivity contribution in [3.05, 3.63) is 57.8 Å². The maximum Gasteiger partial charge on any atom is 0.410 e. The van der Waals surface area contributed by atoms with E-state index in [9.17, 15) is 14.7 Å². The lowest BCUT2D eigenvalue weighted by Gasteiger charge is -2.27. The van der Waals surface area contributed by atoms with Crippen molar-refractivity contribution in [2.24, 2.45) is 0 Å². The maximum absolute atomic E-state index is 12.5. The molecule has 2 aromatic rings. The summed E-state index contributed by atoms with van der Waals surface area (Å²) in [6, 6.07) is 8.89. The van der Waals surface area contributed by atoms with Gasteiger partial charge in [0.15, 0.2) is 0 Å². The summed E-state index contributed by atoms with van der Waals surface area (Å²) in [5, 5.41) is 12.1. The van der Waals surface area contributed by atoms with E-state index in [1.807, 2.05) is 25.1 Å². The van der Waals surface area contributed by atoms with Gasteiger partial charge in [0, 0.05) is 22.9 Å². The molecule has 0 aliphatic carbocycles. The lowest BCUT2D eigenvalue weighted by atomic mass is 10.2. The molecule has 0 unspecified atom stereocenters. The largest absolute Gasteiger partial charge is 0.444 e. The fourth-order valence-corrected chi connectivity index (χ4v) is 2.85. The minimum absolute atomic E-state index is 0.138. The van der Waals surface area contributed by atoms with Crippen molar-refractivity contribution in [3.63, 3.8) is 0 Å². The summed E-state index contributed by atoms with van der Waals surface area (Å²) >= 11 is 3.44. The van der Waals surface area contributed by atoms with Gasteiger partial charge < -0.3 is 20.1 Å². The first-order valence-corrected chi connectivity index (χ1v) is 10.00. The Morgan fingerprint density at radius 3 is 2.55 bits per heavy atom. The number of aliphatic hydroxyl groups is 1. The molecule has 0 aliphatic rings. The molecule has 0 spiro atoms. The highest BCUT2D eigenvalue weighted by Crippen LogP contribution is 2.23. The zero-order valence-electron chi connectivity index (χ0n) is 17.0. The molecule has 0 atom stereocenters. The Morgan fingerprint density at radius 2 is 1.97 bits per heavy atom. The molecule has 2 amide bonds. The Kier molecular flexibility index (Phi) is 7.75. The summed E-state index contributed by atoms with van der Waals surface area (Å²) in [5.74, 6) is -0.322. The van der Waals surface area contributed by atoms with Gasteiger partial charge in [0.25, 0.3) is 5.91 Å². The van der Waals surface area contributed by atoms with Crippen LogP contribution >= 0.6 is 15.9 Å². The van der Waals surface area contributed by atoms with Gasteiger partial charge in [0.05, 0.1) is 13.2 Å². The normalized spacial score (nSPS) is 11.1. The average Bonchev–Trinajstić information content (AvgIpc) is 2.64. The molecule has 1 heterocycles. The number of nitrogens with zero attached hydrogens (tertiary/aromatic N) is 2. The number of aromatic nitrogens is 1. The van der Waals surface area contributed by atoms with Gasteiger partial charge in [-0.05, 0) is 57.0 Å². The number of hydrogen-bond acceptors (Lipinski definition) is 5. The number of ether oxygens (including phenoxy) is 1. The first kappa shape index (κ1) is 22.8. The van der Waals surface area contributed by atoms with Crippen LogP contribution in [0.15, 0.2) is 41.0 Å². The minimum atomic E-state index is -0.629. The molecule has 29 heavy (non-hydrogen) atoms. The van der Waals surface area contributed by atoms with Gasteiger partial charge >= 0.3 is 6.09 Å². The topological polar surface area (TPSA) is 91.8 Å². The van der Waals surface area contributed by atoms with Crippen LogP contribution in [-0.2, 0) is 11.3 Å². The van der Waals surface area contributed by atoms with Crippen LogP contribution < -0.4 is 5.32 Å². The summed E-state index contributed by atoms with van der Waals surface area (Å²) in [5.41, 5.74) is 1.98. The smallest absolute Gasteiger partial charge is 0.410 e. The number of carbonyl (C=O) groups excluding carboxylic acids is 2. The van der Waals surface area contributed by atoms with Crippen LogP contribution in [-0.4, -0.2) is 45.7 Å². The molecule has 0 saturated carbocycles. The second-order valence-electron chi connectivity index (χ2n) is 7.54. The molecule has 0 saturated heterocycles. The lowest BCUT2D eigenvalue weighted by Crippen LogP contribution is -2.38. The van der Waals surface area contributed by atoms with E-state index in [0.717, 1.165) is 15.6 Å². The third-order valence-corrected chi connectivity index (χ3v) is 4.83. The van der Waals surface area contributed by atoms with Crippen molar-refractivity contribution in [3.8, 4) is 0 Å².